The Morgan fingerprint density at radius 2 is 2.03 bits per heavy atom. The zero-order chi connectivity index (χ0) is 20.4. The van der Waals surface area contributed by atoms with Crippen LogP contribution in [0.2, 0.25) is 0 Å². The Labute approximate surface area is 170 Å². The topological polar surface area (TPSA) is 90.5 Å². The van der Waals surface area contributed by atoms with E-state index in [0.717, 1.165) is 29.9 Å². The third-order valence-electron chi connectivity index (χ3n) is 5.13. The predicted octanol–water partition coefficient (Wildman–Crippen LogP) is 2.58. The van der Waals surface area contributed by atoms with Gasteiger partial charge < -0.3 is 13.7 Å². The number of rotatable bonds is 6. The largest absolute Gasteiger partial charge is 0.497 e. The highest BCUT2D eigenvalue weighted by molar-refractivity contribution is 7.89. The minimum Gasteiger partial charge on any atom is -0.497 e. The summed E-state index contributed by atoms with van der Waals surface area (Å²) in [5.74, 6) is 2.10. The van der Waals surface area contributed by atoms with E-state index >= 15 is 0 Å². The molecular weight excluding hydrogens is 392 g/mol. The van der Waals surface area contributed by atoms with Gasteiger partial charge in [-0.05, 0) is 30.5 Å². The van der Waals surface area contributed by atoms with Crippen LogP contribution in [0, 0.1) is 0 Å². The molecule has 1 fully saturated rings. The maximum absolute atomic E-state index is 12.9. The van der Waals surface area contributed by atoms with Crippen LogP contribution < -0.4 is 4.74 Å². The van der Waals surface area contributed by atoms with Crippen LogP contribution in [0.1, 0.15) is 36.0 Å². The van der Waals surface area contributed by atoms with Crippen LogP contribution in [0.3, 0.4) is 0 Å². The average molecular weight is 417 g/mol. The molecule has 0 spiro atoms. The lowest BCUT2D eigenvalue weighted by Gasteiger charge is -2.29. The molecule has 0 radical (unpaired) electrons. The SMILES string of the molecule is COc1ccc(Cc2cnc([C@H]3CCCN(S(=O)(=O)c4cn(C)cn4)C3)o2)cc1. The van der Waals surface area contributed by atoms with E-state index in [-0.39, 0.29) is 10.9 Å². The lowest BCUT2D eigenvalue weighted by atomic mass is 10.00. The average Bonchev–Trinajstić information content (AvgIpc) is 3.38. The van der Waals surface area contributed by atoms with Gasteiger partial charge in [-0.25, -0.2) is 18.4 Å². The molecule has 0 N–H and O–H groups in total. The lowest BCUT2D eigenvalue weighted by Crippen LogP contribution is -2.39. The Hall–Kier alpha value is -2.65. The molecule has 9 heteroatoms. The van der Waals surface area contributed by atoms with Gasteiger partial charge >= 0.3 is 0 Å². The van der Waals surface area contributed by atoms with Gasteiger partial charge in [0, 0.05) is 38.7 Å². The van der Waals surface area contributed by atoms with Gasteiger partial charge in [-0.2, -0.15) is 4.31 Å². The summed E-state index contributed by atoms with van der Waals surface area (Å²) in [6.07, 6.45) is 6.97. The van der Waals surface area contributed by atoms with E-state index in [1.54, 1.807) is 24.9 Å². The number of nitrogens with zero attached hydrogens (tertiary/aromatic N) is 4. The monoisotopic (exact) mass is 416 g/mol. The number of imidazole rings is 1. The first kappa shape index (κ1) is 19.7. The highest BCUT2D eigenvalue weighted by Crippen LogP contribution is 2.30. The molecule has 1 aromatic carbocycles. The van der Waals surface area contributed by atoms with Crippen molar-refractivity contribution in [3.8, 4) is 5.75 Å². The van der Waals surface area contributed by atoms with Crippen molar-refractivity contribution >= 4 is 10.0 Å². The Morgan fingerprint density at radius 1 is 1.24 bits per heavy atom. The first-order chi connectivity index (χ1) is 14.0. The second-order valence-corrected chi connectivity index (χ2v) is 9.15. The van der Waals surface area contributed by atoms with Crippen LogP contribution in [-0.4, -0.2) is 47.5 Å². The molecule has 2 aromatic heterocycles. The Balaban J connectivity index is 1.46. The van der Waals surface area contributed by atoms with Crippen molar-refractivity contribution in [2.45, 2.75) is 30.2 Å². The molecule has 1 aliphatic heterocycles. The van der Waals surface area contributed by atoms with Crippen LogP contribution in [0.15, 0.2) is 52.4 Å². The van der Waals surface area contributed by atoms with E-state index in [1.165, 1.54) is 16.8 Å². The number of ether oxygens (including phenoxy) is 1. The minimum absolute atomic E-state index is 0.0631. The molecule has 3 heterocycles. The summed E-state index contributed by atoms with van der Waals surface area (Å²) in [5.41, 5.74) is 1.09. The fourth-order valence-corrected chi connectivity index (χ4v) is 5.04. The quantitative estimate of drug-likeness (QED) is 0.613. The summed E-state index contributed by atoms with van der Waals surface area (Å²) in [5, 5.41) is 0.0771. The number of methoxy groups -OCH3 is 1. The van der Waals surface area contributed by atoms with E-state index < -0.39 is 10.0 Å². The maximum atomic E-state index is 12.9. The summed E-state index contributed by atoms with van der Waals surface area (Å²) in [6.45, 7) is 0.830. The smallest absolute Gasteiger partial charge is 0.262 e. The van der Waals surface area contributed by atoms with Gasteiger partial charge in [-0.1, -0.05) is 12.1 Å². The molecule has 3 aromatic rings. The fourth-order valence-electron chi connectivity index (χ4n) is 3.55. The second kappa shape index (κ2) is 8.00. The van der Waals surface area contributed by atoms with E-state index in [0.29, 0.717) is 25.4 Å². The maximum Gasteiger partial charge on any atom is 0.262 e. The molecule has 1 atom stereocenters. The number of hydrogen-bond acceptors (Lipinski definition) is 6. The molecule has 0 aliphatic carbocycles. The van der Waals surface area contributed by atoms with Crippen molar-refractivity contribution in [3.63, 3.8) is 0 Å². The summed E-state index contributed by atoms with van der Waals surface area (Å²) >= 11 is 0. The number of oxazole rings is 1. The number of piperidine rings is 1. The van der Waals surface area contributed by atoms with Crippen molar-refractivity contribution in [2.24, 2.45) is 7.05 Å². The number of hydrogen-bond donors (Lipinski definition) is 0. The zero-order valence-corrected chi connectivity index (χ0v) is 17.3. The third-order valence-corrected chi connectivity index (χ3v) is 6.88. The predicted molar refractivity (Wildman–Crippen MR) is 106 cm³/mol. The normalized spacial score (nSPS) is 18.1. The van der Waals surface area contributed by atoms with Crippen molar-refractivity contribution in [3.05, 3.63) is 60.2 Å². The summed E-state index contributed by atoms with van der Waals surface area (Å²) in [6, 6.07) is 7.80. The molecule has 1 saturated heterocycles. The number of benzene rings is 1. The molecule has 0 bridgehead atoms. The van der Waals surface area contributed by atoms with Gasteiger partial charge in [0.2, 0.25) is 0 Å². The molecule has 154 valence electrons. The minimum atomic E-state index is -3.61. The number of sulfonamides is 1. The highest BCUT2D eigenvalue weighted by atomic mass is 32.2. The van der Waals surface area contributed by atoms with Crippen LogP contribution >= 0.6 is 0 Å². The molecule has 29 heavy (non-hydrogen) atoms. The molecule has 0 amide bonds. The first-order valence-corrected chi connectivity index (χ1v) is 11.0. The summed E-state index contributed by atoms with van der Waals surface area (Å²) in [4.78, 5) is 8.44. The summed E-state index contributed by atoms with van der Waals surface area (Å²) in [7, 11) is -0.220. The van der Waals surface area contributed by atoms with Gasteiger partial charge in [0.25, 0.3) is 10.0 Å². The van der Waals surface area contributed by atoms with Crippen molar-refractivity contribution in [2.75, 3.05) is 20.2 Å². The number of aryl methyl sites for hydroxylation is 1. The van der Waals surface area contributed by atoms with Crippen LogP contribution in [0.25, 0.3) is 0 Å². The lowest BCUT2D eigenvalue weighted by molar-refractivity contribution is 0.281. The Bertz CT molecular complexity index is 1070. The molecule has 4 rings (SSSR count). The van der Waals surface area contributed by atoms with Crippen molar-refractivity contribution in [1.82, 2.24) is 18.8 Å². The second-order valence-electron chi connectivity index (χ2n) is 7.27. The standard InChI is InChI=1S/C20H24N4O4S/c1-23-13-19(22-14-23)29(25,26)24-9-3-4-16(12-24)20-21-11-18(28-20)10-15-5-7-17(27-2)8-6-15/h5-8,11,13-14,16H,3-4,9-10,12H2,1-2H3/t16-/m0/s1. The summed E-state index contributed by atoms with van der Waals surface area (Å²) < 4.78 is 40.0. The fraction of sp³-hybridized carbons (Fsp3) is 0.400. The van der Waals surface area contributed by atoms with E-state index in [1.807, 2.05) is 24.3 Å². The van der Waals surface area contributed by atoms with Crippen LogP contribution in [-0.2, 0) is 23.5 Å². The molecular formula is C20H24N4O4S. The van der Waals surface area contributed by atoms with Crippen molar-refractivity contribution in [1.29, 1.82) is 0 Å². The van der Waals surface area contributed by atoms with E-state index in [9.17, 15) is 8.42 Å². The van der Waals surface area contributed by atoms with Gasteiger partial charge in [0.15, 0.2) is 10.9 Å². The van der Waals surface area contributed by atoms with E-state index in [4.69, 9.17) is 9.15 Å². The Morgan fingerprint density at radius 3 is 2.72 bits per heavy atom. The third kappa shape index (κ3) is 4.20. The Kier molecular flexibility index (Phi) is 5.42. The van der Waals surface area contributed by atoms with Gasteiger partial charge in [-0.3, -0.25) is 0 Å². The van der Waals surface area contributed by atoms with Crippen molar-refractivity contribution < 1.29 is 17.6 Å². The van der Waals surface area contributed by atoms with Gasteiger partial charge in [0.05, 0.1) is 19.6 Å². The first-order valence-electron chi connectivity index (χ1n) is 9.51. The van der Waals surface area contributed by atoms with E-state index in [2.05, 4.69) is 9.97 Å². The molecule has 0 saturated carbocycles. The molecule has 0 unspecified atom stereocenters. The van der Waals surface area contributed by atoms with Crippen LogP contribution in [0.4, 0.5) is 0 Å². The van der Waals surface area contributed by atoms with Crippen LogP contribution in [0.5, 0.6) is 5.75 Å². The molecule has 8 nitrogen and oxygen atoms in total. The zero-order valence-electron chi connectivity index (χ0n) is 16.5. The van der Waals surface area contributed by atoms with Gasteiger partial charge in [-0.15, -0.1) is 0 Å². The van der Waals surface area contributed by atoms with Gasteiger partial charge in [0.1, 0.15) is 11.5 Å². The highest BCUT2D eigenvalue weighted by Gasteiger charge is 2.34. The molecule has 1 aliphatic rings. The number of aromatic nitrogens is 3.